The maximum absolute atomic E-state index is 12.9. The molecule has 176 valence electrons. The van der Waals surface area contributed by atoms with Crippen molar-refractivity contribution in [3.63, 3.8) is 0 Å². The molecule has 2 aliphatic heterocycles. The fourth-order valence-corrected chi connectivity index (χ4v) is 4.63. The summed E-state index contributed by atoms with van der Waals surface area (Å²) in [6.45, 7) is 5.83. The number of fused-ring (bicyclic) bond motifs is 1. The van der Waals surface area contributed by atoms with Crippen molar-refractivity contribution < 1.29 is 23.7 Å². The molecule has 1 fully saturated rings. The van der Waals surface area contributed by atoms with Crippen LogP contribution in [0.15, 0.2) is 54.1 Å². The summed E-state index contributed by atoms with van der Waals surface area (Å²) >= 11 is 0. The number of hydrogen-bond donors (Lipinski definition) is 0. The summed E-state index contributed by atoms with van der Waals surface area (Å²) in [5, 5.41) is 0. The lowest BCUT2D eigenvalue weighted by Gasteiger charge is -2.40. The summed E-state index contributed by atoms with van der Waals surface area (Å²) in [6, 6.07) is 15.7. The lowest BCUT2D eigenvalue weighted by Crippen LogP contribution is -2.46. The maximum Gasteiger partial charge on any atom is 0.312 e. The monoisotopic (exact) mass is 451 g/mol. The van der Waals surface area contributed by atoms with E-state index in [4.69, 9.17) is 18.9 Å². The first kappa shape index (κ1) is 23.2. The Kier molecular flexibility index (Phi) is 7.55. The largest absolute Gasteiger partial charge is 0.494 e. The zero-order chi connectivity index (χ0) is 23.1. The molecule has 4 rings (SSSR count). The van der Waals surface area contributed by atoms with Crippen molar-refractivity contribution in [2.24, 2.45) is 5.41 Å². The minimum atomic E-state index is -0.487. The fraction of sp³-hybridized carbons (Fsp3) is 0.444. The van der Waals surface area contributed by atoms with E-state index in [9.17, 15) is 4.79 Å². The molecule has 2 aromatic rings. The Morgan fingerprint density at radius 3 is 2.61 bits per heavy atom. The molecule has 0 aromatic heterocycles. The predicted molar refractivity (Wildman–Crippen MR) is 128 cm³/mol. The van der Waals surface area contributed by atoms with Crippen LogP contribution >= 0.6 is 0 Å². The number of methoxy groups -OCH3 is 1. The number of para-hydroxylation sites is 2. The zero-order valence-corrected chi connectivity index (χ0v) is 19.5. The summed E-state index contributed by atoms with van der Waals surface area (Å²) in [5.74, 6) is 2.30. The summed E-state index contributed by atoms with van der Waals surface area (Å²) in [6.07, 6.45) is 4.39. The first-order valence-electron chi connectivity index (χ1n) is 11.7. The molecule has 2 aliphatic rings. The number of rotatable bonds is 9. The van der Waals surface area contributed by atoms with E-state index in [0.717, 1.165) is 55.3 Å². The molecule has 0 atom stereocenters. The van der Waals surface area contributed by atoms with Gasteiger partial charge in [-0.3, -0.25) is 9.69 Å². The van der Waals surface area contributed by atoms with E-state index in [-0.39, 0.29) is 5.97 Å². The van der Waals surface area contributed by atoms with Crippen LogP contribution in [0.2, 0.25) is 0 Å². The predicted octanol–water partition coefficient (Wildman–Crippen LogP) is 4.59. The van der Waals surface area contributed by atoms with Crippen LogP contribution < -0.4 is 14.2 Å². The van der Waals surface area contributed by atoms with E-state index in [1.54, 1.807) is 7.11 Å². The van der Waals surface area contributed by atoms with Crippen molar-refractivity contribution in [1.82, 2.24) is 4.90 Å². The SMILES string of the molecule is CCOC(=O)C1(CCOc2ccccc2)CCN(CC2=Cc3cccc(OC)c3OC2)CC1. The van der Waals surface area contributed by atoms with Crippen LogP contribution in [0.1, 0.15) is 31.7 Å². The van der Waals surface area contributed by atoms with Crippen molar-refractivity contribution in [3.8, 4) is 17.2 Å². The first-order chi connectivity index (χ1) is 16.1. The molecule has 6 heteroatoms. The highest BCUT2D eigenvalue weighted by atomic mass is 16.5. The second-order valence-corrected chi connectivity index (χ2v) is 8.66. The highest BCUT2D eigenvalue weighted by Crippen LogP contribution is 2.38. The summed E-state index contributed by atoms with van der Waals surface area (Å²) in [7, 11) is 1.66. The molecule has 2 aromatic carbocycles. The summed E-state index contributed by atoms with van der Waals surface area (Å²) in [4.78, 5) is 15.3. The van der Waals surface area contributed by atoms with Crippen LogP contribution in [-0.2, 0) is 9.53 Å². The molecule has 0 spiro atoms. The number of hydrogen-bond acceptors (Lipinski definition) is 6. The molecule has 0 saturated carbocycles. The van der Waals surface area contributed by atoms with Gasteiger partial charge in [0.05, 0.1) is 25.7 Å². The van der Waals surface area contributed by atoms with Gasteiger partial charge in [-0.05, 0) is 69.1 Å². The van der Waals surface area contributed by atoms with Gasteiger partial charge >= 0.3 is 5.97 Å². The Morgan fingerprint density at radius 2 is 1.88 bits per heavy atom. The average molecular weight is 452 g/mol. The second kappa shape index (κ2) is 10.8. The van der Waals surface area contributed by atoms with Crippen LogP contribution in [0.5, 0.6) is 17.2 Å². The van der Waals surface area contributed by atoms with Gasteiger partial charge in [-0.25, -0.2) is 0 Å². The number of esters is 1. The number of piperidine rings is 1. The Hall–Kier alpha value is -2.99. The average Bonchev–Trinajstić information content (AvgIpc) is 2.85. The number of carbonyl (C=O) groups is 1. The molecule has 0 amide bonds. The standard InChI is InChI=1S/C27H33NO5/c1-3-31-26(29)27(14-17-32-23-9-5-4-6-10-23)12-15-28(16-13-27)19-21-18-22-8-7-11-24(30-2)25(22)33-20-21/h4-11,18H,3,12-17,19-20H2,1-2H3. The highest BCUT2D eigenvalue weighted by Gasteiger charge is 2.42. The first-order valence-corrected chi connectivity index (χ1v) is 11.7. The van der Waals surface area contributed by atoms with Crippen molar-refractivity contribution in [1.29, 1.82) is 0 Å². The van der Waals surface area contributed by atoms with Gasteiger partial charge < -0.3 is 18.9 Å². The molecule has 0 aliphatic carbocycles. The van der Waals surface area contributed by atoms with Crippen LogP contribution in [0.3, 0.4) is 0 Å². The number of ether oxygens (including phenoxy) is 4. The van der Waals surface area contributed by atoms with Gasteiger partial charge in [0, 0.05) is 12.1 Å². The van der Waals surface area contributed by atoms with Crippen molar-refractivity contribution in [3.05, 3.63) is 59.7 Å². The lowest BCUT2D eigenvalue weighted by molar-refractivity contribution is -0.159. The van der Waals surface area contributed by atoms with Gasteiger partial charge in [-0.15, -0.1) is 0 Å². The number of nitrogens with zero attached hydrogens (tertiary/aromatic N) is 1. The minimum absolute atomic E-state index is 0.0949. The molecule has 0 bridgehead atoms. The van der Waals surface area contributed by atoms with Crippen molar-refractivity contribution >= 4 is 12.0 Å². The quantitative estimate of drug-likeness (QED) is 0.520. The van der Waals surface area contributed by atoms with Crippen LogP contribution in [0.4, 0.5) is 0 Å². The van der Waals surface area contributed by atoms with Gasteiger partial charge in [0.25, 0.3) is 0 Å². The van der Waals surface area contributed by atoms with Crippen LogP contribution in [0, 0.1) is 5.41 Å². The topological polar surface area (TPSA) is 57.2 Å². The molecule has 0 radical (unpaired) electrons. The molecule has 1 saturated heterocycles. The Balaban J connectivity index is 1.36. The van der Waals surface area contributed by atoms with E-state index < -0.39 is 5.41 Å². The molecular weight excluding hydrogens is 418 g/mol. The molecule has 6 nitrogen and oxygen atoms in total. The van der Waals surface area contributed by atoms with Crippen LogP contribution in [-0.4, -0.2) is 57.4 Å². The van der Waals surface area contributed by atoms with E-state index in [1.165, 1.54) is 5.57 Å². The second-order valence-electron chi connectivity index (χ2n) is 8.66. The molecule has 0 N–H and O–H groups in total. The van der Waals surface area contributed by atoms with Gasteiger partial charge in [-0.2, -0.15) is 0 Å². The fourth-order valence-electron chi connectivity index (χ4n) is 4.63. The minimum Gasteiger partial charge on any atom is -0.494 e. The van der Waals surface area contributed by atoms with E-state index in [2.05, 4.69) is 11.0 Å². The van der Waals surface area contributed by atoms with Gasteiger partial charge in [0.2, 0.25) is 0 Å². The zero-order valence-electron chi connectivity index (χ0n) is 19.5. The lowest BCUT2D eigenvalue weighted by atomic mass is 9.75. The summed E-state index contributed by atoms with van der Waals surface area (Å²) < 4.78 is 22.8. The highest BCUT2D eigenvalue weighted by molar-refractivity contribution is 5.77. The van der Waals surface area contributed by atoms with Crippen molar-refractivity contribution in [2.75, 3.05) is 46.6 Å². The smallest absolute Gasteiger partial charge is 0.312 e. The third kappa shape index (κ3) is 5.50. The van der Waals surface area contributed by atoms with Crippen molar-refractivity contribution in [2.45, 2.75) is 26.2 Å². The molecule has 2 heterocycles. The van der Waals surface area contributed by atoms with E-state index >= 15 is 0 Å². The van der Waals surface area contributed by atoms with Gasteiger partial charge in [0.15, 0.2) is 11.5 Å². The number of likely N-dealkylation sites (tertiary alicyclic amines) is 1. The summed E-state index contributed by atoms with van der Waals surface area (Å²) in [5.41, 5.74) is 1.79. The molecule has 0 unspecified atom stereocenters. The number of carbonyl (C=O) groups excluding carboxylic acids is 1. The maximum atomic E-state index is 12.9. The van der Waals surface area contributed by atoms with E-state index in [0.29, 0.717) is 26.2 Å². The Bertz CT molecular complexity index is 964. The molecule has 33 heavy (non-hydrogen) atoms. The third-order valence-electron chi connectivity index (χ3n) is 6.53. The van der Waals surface area contributed by atoms with Gasteiger partial charge in [0.1, 0.15) is 12.4 Å². The normalized spacial score (nSPS) is 17.3. The molecular formula is C27H33NO5. The van der Waals surface area contributed by atoms with Gasteiger partial charge in [-0.1, -0.05) is 30.3 Å². The third-order valence-corrected chi connectivity index (χ3v) is 6.53. The van der Waals surface area contributed by atoms with Crippen LogP contribution in [0.25, 0.3) is 6.08 Å². The Labute approximate surface area is 196 Å². The van der Waals surface area contributed by atoms with E-state index in [1.807, 2.05) is 55.5 Å². The Morgan fingerprint density at radius 1 is 1.09 bits per heavy atom. The number of benzene rings is 2.